The van der Waals surface area contributed by atoms with Gasteiger partial charge in [-0.25, -0.2) is 8.42 Å². The molecule has 1 saturated carbocycles. The lowest BCUT2D eigenvalue weighted by atomic mass is 9.94. The first-order valence-corrected chi connectivity index (χ1v) is 19.4. The predicted molar refractivity (Wildman–Crippen MR) is 205 cm³/mol. The van der Waals surface area contributed by atoms with Crippen LogP contribution in [-0.2, 0) is 32.6 Å². The van der Waals surface area contributed by atoms with Crippen molar-refractivity contribution in [3.63, 3.8) is 0 Å². The maximum absolute atomic E-state index is 14.8. The number of para-hydroxylation sites is 1. The number of anilines is 1. The molecular formula is C42H42ClN3O5S. The van der Waals surface area contributed by atoms with E-state index in [-0.39, 0.29) is 35.5 Å². The predicted octanol–water partition coefficient (Wildman–Crippen LogP) is 8.42. The average molecular weight is 736 g/mol. The first-order chi connectivity index (χ1) is 25.3. The largest absolute Gasteiger partial charge is 0.457 e. The van der Waals surface area contributed by atoms with Gasteiger partial charge in [0, 0.05) is 24.0 Å². The van der Waals surface area contributed by atoms with Crippen molar-refractivity contribution in [3.8, 4) is 11.5 Å². The number of nitrogens with zero attached hydrogens (tertiary/aromatic N) is 2. The molecule has 8 nitrogen and oxygen atoms in total. The highest BCUT2D eigenvalue weighted by Crippen LogP contribution is 2.29. The molecule has 1 aliphatic carbocycles. The maximum atomic E-state index is 14.8. The Bertz CT molecular complexity index is 2030. The van der Waals surface area contributed by atoms with Crippen molar-refractivity contribution >= 4 is 39.1 Å². The Labute approximate surface area is 311 Å². The molecule has 10 heteroatoms. The van der Waals surface area contributed by atoms with E-state index in [1.54, 1.807) is 54.6 Å². The van der Waals surface area contributed by atoms with Gasteiger partial charge in [-0.05, 0) is 78.6 Å². The third kappa shape index (κ3) is 9.40. The molecule has 0 bridgehead atoms. The Morgan fingerprint density at radius 3 is 1.96 bits per heavy atom. The number of carbonyl (C=O) groups is 2. The first-order valence-electron chi connectivity index (χ1n) is 17.6. The van der Waals surface area contributed by atoms with Gasteiger partial charge in [-0.1, -0.05) is 116 Å². The molecule has 0 saturated heterocycles. The number of amides is 2. The number of rotatable bonds is 14. The highest BCUT2D eigenvalue weighted by Gasteiger charge is 2.35. The number of hydrogen-bond acceptors (Lipinski definition) is 5. The van der Waals surface area contributed by atoms with Crippen molar-refractivity contribution in [2.45, 2.75) is 62.0 Å². The summed E-state index contributed by atoms with van der Waals surface area (Å²) in [7, 11) is -4.24. The monoisotopic (exact) mass is 735 g/mol. The van der Waals surface area contributed by atoms with Gasteiger partial charge in [0.05, 0.1) is 10.6 Å². The van der Waals surface area contributed by atoms with Crippen molar-refractivity contribution in [1.82, 2.24) is 10.2 Å². The minimum atomic E-state index is -4.24. The molecule has 268 valence electrons. The number of nitrogens with one attached hydrogen (secondary N) is 1. The van der Waals surface area contributed by atoms with Crippen LogP contribution in [0.5, 0.6) is 11.5 Å². The zero-order valence-electron chi connectivity index (χ0n) is 28.8. The summed E-state index contributed by atoms with van der Waals surface area (Å²) < 4.78 is 35.8. The van der Waals surface area contributed by atoms with Gasteiger partial charge in [0.1, 0.15) is 24.1 Å². The van der Waals surface area contributed by atoms with E-state index in [2.05, 4.69) is 5.32 Å². The number of carbonyl (C=O) groups excluding carboxylic acids is 2. The minimum absolute atomic E-state index is 0.00281. The summed E-state index contributed by atoms with van der Waals surface area (Å²) in [6, 6.07) is 39.6. The molecule has 0 aliphatic heterocycles. The van der Waals surface area contributed by atoms with Crippen molar-refractivity contribution in [3.05, 3.63) is 156 Å². The number of benzene rings is 5. The SMILES string of the molecule is O=C(NC1CCCCC1)C(Cc1ccccc1)N(Cc1ccccc1Cl)C(=O)CN(c1ccc(Oc2ccccc2)cc1)S(=O)(=O)c1ccccc1. The number of halogens is 1. The molecule has 0 spiro atoms. The fourth-order valence-electron chi connectivity index (χ4n) is 6.46. The van der Waals surface area contributed by atoms with Crippen molar-refractivity contribution in [1.29, 1.82) is 0 Å². The maximum Gasteiger partial charge on any atom is 0.264 e. The molecule has 1 N–H and O–H groups in total. The third-order valence-corrected chi connectivity index (χ3v) is 11.4. The fraction of sp³-hybridized carbons (Fsp3) is 0.238. The zero-order valence-corrected chi connectivity index (χ0v) is 30.4. The second kappa shape index (κ2) is 17.4. The van der Waals surface area contributed by atoms with Crippen LogP contribution in [0.25, 0.3) is 0 Å². The van der Waals surface area contributed by atoms with E-state index >= 15 is 0 Å². The van der Waals surface area contributed by atoms with E-state index in [0.717, 1.165) is 42.0 Å². The van der Waals surface area contributed by atoms with Crippen molar-refractivity contribution in [2.24, 2.45) is 0 Å². The molecule has 2 amide bonds. The molecule has 1 aliphatic rings. The second-order valence-electron chi connectivity index (χ2n) is 12.9. The van der Waals surface area contributed by atoms with Gasteiger partial charge >= 0.3 is 0 Å². The Balaban J connectivity index is 1.38. The lowest BCUT2D eigenvalue weighted by Gasteiger charge is -2.35. The van der Waals surface area contributed by atoms with Gasteiger partial charge in [-0.2, -0.15) is 0 Å². The lowest BCUT2D eigenvalue weighted by Crippen LogP contribution is -2.55. The Morgan fingerprint density at radius 2 is 1.31 bits per heavy atom. The van der Waals surface area contributed by atoms with Crippen molar-refractivity contribution in [2.75, 3.05) is 10.8 Å². The van der Waals surface area contributed by atoms with E-state index < -0.39 is 28.5 Å². The molecule has 0 aromatic heterocycles. The van der Waals surface area contributed by atoms with E-state index in [9.17, 15) is 18.0 Å². The van der Waals surface area contributed by atoms with Crippen LogP contribution in [0.1, 0.15) is 43.2 Å². The number of ether oxygens (including phenoxy) is 1. The molecule has 52 heavy (non-hydrogen) atoms. The van der Waals surface area contributed by atoms with Crippen molar-refractivity contribution < 1.29 is 22.7 Å². The summed E-state index contributed by atoms with van der Waals surface area (Å²) in [5.41, 5.74) is 1.77. The zero-order chi connectivity index (χ0) is 36.3. The van der Waals surface area contributed by atoms with Crippen LogP contribution in [-0.4, -0.2) is 43.8 Å². The molecule has 5 aromatic carbocycles. The summed E-state index contributed by atoms with van der Waals surface area (Å²) in [6.45, 7) is -0.570. The molecule has 5 aromatic rings. The molecule has 1 unspecified atom stereocenters. The molecule has 6 rings (SSSR count). The third-order valence-electron chi connectivity index (χ3n) is 9.23. The van der Waals surface area contributed by atoms with E-state index in [4.69, 9.17) is 16.3 Å². The summed E-state index contributed by atoms with van der Waals surface area (Å²) in [5.74, 6) is 0.297. The standard InChI is InChI=1S/C42H42ClN3O5S/c43-39-24-14-13-17-33(39)30-45(40(29-32-15-5-1-6-16-32)42(48)44-34-18-7-2-8-19-34)41(47)31-46(52(49,50)38-22-11-4-12-23-38)35-25-27-37(28-26-35)51-36-20-9-3-10-21-36/h1,3-6,9-17,20-28,34,40H,2,7-8,18-19,29-31H2,(H,44,48). The highest BCUT2D eigenvalue weighted by molar-refractivity contribution is 7.92. The van der Waals surface area contributed by atoms with E-state index in [1.165, 1.54) is 17.0 Å². The van der Waals surface area contributed by atoms with Crippen LogP contribution < -0.4 is 14.4 Å². The number of sulfonamides is 1. The van der Waals surface area contributed by atoms with E-state index in [1.807, 2.05) is 72.8 Å². The van der Waals surface area contributed by atoms with Crippen LogP contribution in [0.15, 0.2) is 144 Å². The second-order valence-corrected chi connectivity index (χ2v) is 15.2. The van der Waals surface area contributed by atoms with Gasteiger partial charge < -0.3 is 15.0 Å². The quantitative estimate of drug-likeness (QED) is 0.124. The van der Waals surface area contributed by atoms with Gasteiger partial charge in [0.2, 0.25) is 11.8 Å². The molecule has 0 radical (unpaired) electrons. The summed E-state index contributed by atoms with van der Waals surface area (Å²) in [4.78, 5) is 30.7. The highest BCUT2D eigenvalue weighted by atomic mass is 35.5. The van der Waals surface area contributed by atoms with Gasteiger partial charge in [0.25, 0.3) is 10.0 Å². The van der Waals surface area contributed by atoms with E-state index in [0.29, 0.717) is 22.1 Å². The summed E-state index contributed by atoms with van der Waals surface area (Å²) in [6.07, 6.45) is 5.15. The molecular weight excluding hydrogens is 694 g/mol. The van der Waals surface area contributed by atoms with Crippen LogP contribution >= 0.6 is 11.6 Å². The Morgan fingerprint density at radius 1 is 0.731 bits per heavy atom. The smallest absolute Gasteiger partial charge is 0.264 e. The molecule has 1 fully saturated rings. The molecule has 1 atom stereocenters. The summed E-state index contributed by atoms with van der Waals surface area (Å²) >= 11 is 6.64. The topological polar surface area (TPSA) is 96.0 Å². The molecule has 0 heterocycles. The first kappa shape index (κ1) is 36.7. The summed E-state index contributed by atoms with van der Waals surface area (Å²) in [5, 5.41) is 3.67. The average Bonchev–Trinajstić information content (AvgIpc) is 3.17. The fourth-order valence-corrected chi connectivity index (χ4v) is 8.09. The normalized spacial score (nSPS) is 13.9. The van der Waals surface area contributed by atoms with Gasteiger partial charge in [-0.15, -0.1) is 0 Å². The van der Waals surface area contributed by atoms with Gasteiger partial charge in [0.15, 0.2) is 0 Å². The Hall–Kier alpha value is -5.12. The van der Waals surface area contributed by atoms with Gasteiger partial charge in [-0.3, -0.25) is 13.9 Å². The lowest BCUT2D eigenvalue weighted by molar-refractivity contribution is -0.140. The van der Waals surface area contributed by atoms with Crippen LogP contribution in [0, 0.1) is 0 Å². The Kier molecular flexibility index (Phi) is 12.3. The minimum Gasteiger partial charge on any atom is -0.457 e. The van der Waals surface area contributed by atoms with Crippen LogP contribution in [0.2, 0.25) is 5.02 Å². The van der Waals surface area contributed by atoms with Crippen LogP contribution in [0.3, 0.4) is 0 Å². The number of hydrogen-bond donors (Lipinski definition) is 1. The van der Waals surface area contributed by atoms with Crippen LogP contribution in [0.4, 0.5) is 5.69 Å².